The molecule has 0 aromatic rings. The normalized spacial score (nSPS) is 13.0. The van der Waals surface area contributed by atoms with Gasteiger partial charge in [0.1, 0.15) is 13.2 Å². The smallest absolute Gasteiger partial charge is 0.306 e. The Bertz CT molecular complexity index is 1630. The predicted octanol–water partition coefficient (Wildman–Crippen LogP) is 21.4. The second kappa shape index (κ2) is 63.1. The molecule has 0 aliphatic carbocycles. The molecule has 0 heterocycles. The highest BCUT2D eigenvalue weighted by molar-refractivity contribution is 5.71. The molecule has 0 saturated heterocycles. The number of unbranched alkanes of at least 4 members (excludes halogenated alkanes) is 22. The minimum absolute atomic E-state index is 0.0909. The number of esters is 3. The predicted molar refractivity (Wildman–Crippen MR) is 329 cm³/mol. The molecule has 76 heavy (non-hydrogen) atoms. The van der Waals surface area contributed by atoms with Crippen LogP contribution in [-0.2, 0) is 28.6 Å². The van der Waals surface area contributed by atoms with Gasteiger partial charge in [-0.05, 0) is 128 Å². The second-order valence-electron chi connectivity index (χ2n) is 20.2. The average Bonchev–Trinajstić information content (AvgIpc) is 3.42. The van der Waals surface area contributed by atoms with Gasteiger partial charge in [-0.15, -0.1) is 0 Å². The maximum atomic E-state index is 12.9. The highest BCUT2D eigenvalue weighted by Crippen LogP contribution is 2.15. The van der Waals surface area contributed by atoms with Crippen LogP contribution in [0.4, 0.5) is 0 Å². The maximum absolute atomic E-state index is 12.9. The van der Waals surface area contributed by atoms with Gasteiger partial charge in [0.15, 0.2) is 6.10 Å². The van der Waals surface area contributed by atoms with Crippen molar-refractivity contribution in [1.82, 2.24) is 0 Å². The van der Waals surface area contributed by atoms with Crippen LogP contribution in [0.3, 0.4) is 0 Å². The fourth-order valence-corrected chi connectivity index (χ4v) is 8.26. The van der Waals surface area contributed by atoms with Crippen LogP contribution in [0.15, 0.2) is 134 Å². The Labute approximate surface area is 468 Å². The molecule has 6 nitrogen and oxygen atoms in total. The van der Waals surface area contributed by atoms with Gasteiger partial charge in [0.05, 0.1) is 0 Å². The van der Waals surface area contributed by atoms with Gasteiger partial charge in [0.2, 0.25) is 0 Å². The summed E-state index contributed by atoms with van der Waals surface area (Å²) >= 11 is 0. The van der Waals surface area contributed by atoms with Gasteiger partial charge < -0.3 is 14.2 Å². The minimum atomic E-state index is -0.793. The molecule has 0 saturated carbocycles. The lowest BCUT2D eigenvalue weighted by Gasteiger charge is -2.18. The first kappa shape index (κ1) is 71.5. The van der Waals surface area contributed by atoms with Crippen molar-refractivity contribution in [3.05, 3.63) is 134 Å². The number of carbonyl (C=O) groups is 3. The molecule has 0 aliphatic rings. The Balaban J connectivity index is 4.25. The molecule has 0 bridgehead atoms. The van der Waals surface area contributed by atoms with Crippen LogP contribution in [0.5, 0.6) is 0 Å². The van der Waals surface area contributed by atoms with E-state index in [1.807, 2.05) is 0 Å². The number of carbonyl (C=O) groups excluding carboxylic acids is 3. The number of hydrogen-bond donors (Lipinski definition) is 0. The van der Waals surface area contributed by atoms with Crippen molar-refractivity contribution >= 4 is 17.9 Å². The summed E-state index contributed by atoms with van der Waals surface area (Å²) in [6, 6.07) is 0. The highest BCUT2D eigenvalue weighted by atomic mass is 16.6. The van der Waals surface area contributed by atoms with E-state index in [4.69, 9.17) is 14.2 Å². The largest absolute Gasteiger partial charge is 0.462 e. The second-order valence-corrected chi connectivity index (χ2v) is 20.2. The van der Waals surface area contributed by atoms with E-state index in [-0.39, 0.29) is 31.1 Å². The Morgan fingerprint density at radius 2 is 0.513 bits per heavy atom. The SMILES string of the molecule is CC/C=C\C/C=C\C/C=C\C/C=C\C/C=C\C/C=C\C/C=C\CCCCCCCCCCCC(=O)OCC(COC(=O)CCCCCCC/C=C\CCC)OC(=O)CCCCCCCCC/C=C\C/C=C\C/C=C\CC. The number of hydrogen-bond acceptors (Lipinski definition) is 6. The Hall–Kier alpha value is -4.45. The van der Waals surface area contributed by atoms with Crippen molar-refractivity contribution in [3.63, 3.8) is 0 Å². The summed E-state index contributed by atoms with van der Waals surface area (Å²) in [6.07, 6.45) is 88.9. The zero-order valence-electron chi connectivity index (χ0n) is 49.2. The molecular weight excluding hydrogens is 937 g/mol. The van der Waals surface area contributed by atoms with Gasteiger partial charge in [0.25, 0.3) is 0 Å². The number of allylic oxidation sites excluding steroid dienone is 22. The van der Waals surface area contributed by atoms with Crippen molar-refractivity contribution in [2.24, 2.45) is 0 Å². The summed E-state index contributed by atoms with van der Waals surface area (Å²) in [5, 5.41) is 0. The van der Waals surface area contributed by atoms with E-state index in [1.54, 1.807) is 0 Å². The van der Waals surface area contributed by atoms with E-state index < -0.39 is 6.10 Å². The average molecular weight is 1050 g/mol. The Morgan fingerprint density at radius 3 is 0.816 bits per heavy atom. The Kier molecular flexibility index (Phi) is 59.4. The van der Waals surface area contributed by atoms with Crippen molar-refractivity contribution in [1.29, 1.82) is 0 Å². The van der Waals surface area contributed by atoms with Crippen molar-refractivity contribution < 1.29 is 28.6 Å². The summed E-state index contributed by atoms with van der Waals surface area (Å²) < 4.78 is 16.8. The van der Waals surface area contributed by atoms with E-state index in [0.29, 0.717) is 19.3 Å². The fraction of sp³-hybridized carbons (Fsp3) is 0.643. The van der Waals surface area contributed by atoms with Gasteiger partial charge in [-0.3, -0.25) is 14.4 Å². The third kappa shape index (κ3) is 60.4. The minimum Gasteiger partial charge on any atom is -0.462 e. The van der Waals surface area contributed by atoms with Gasteiger partial charge in [0, 0.05) is 19.3 Å². The molecule has 0 spiro atoms. The van der Waals surface area contributed by atoms with E-state index in [2.05, 4.69) is 154 Å². The van der Waals surface area contributed by atoms with Gasteiger partial charge >= 0.3 is 17.9 Å². The lowest BCUT2D eigenvalue weighted by Crippen LogP contribution is -2.30. The monoisotopic (exact) mass is 1050 g/mol. The quantitative estimate of drug-likeness (QED) is 0.0261. The summed E-state index contributed by atoms with van der Waals surface area (Å²) in [6.45, 7) is 6.33. The van der Waals surface area contributed by atoms with Gasteiger partial charge in [-0.2, -0.15) is 0 Å². The number of rotatable bonds is 55. The molecule has 0 aromatic carbocycles. The van der Waals surface area contributed by atoms with Crippen molar-refractivity contribution in [2.45, 2.75) is 277 Å². The molecular formula is C70H114O6. The molecule has 0 aliphatic heterocycles. The molecule has 0 fully saturated rings. The first-order valence-electron chi connectivity index (χ1n) is 31.2. The Morgan fingerprint density at radius 1 is 0.276 bits per heavy atom. The standard InChI is InChI=1S/C70H114O6/c1-4-7-10-13-16-19-22-24-26-28-29-30-31-32-33-34-35-36-37-38-39-40-41-43-44-46-48-51-54-57-60-63-69(72)75-66-67(65-74-68(71)62-59-56-53-50-21-18-15-12-9-6-3)76-70(73)64-61-58-55-52-49-47-45-42-27-25-23-20-17-14-11-8-5-2/h7-8,10-12,15-17,19-20,24-27,29-30,32-33,35-36,38-39,67H,4-6,9,13-14,18,21-23,28,31,34,37,40-66H2,1-3H3/b10-7-,11-8-,15-12-,19-16-,20-17-,26-24-,27-25-,30-29-,33-32-,36-35-,39-38-. The molecule has 0 N–H and O–H groups in total. The van der Waals surface area contributed by atoms with Crippen LogP contribution in [0.2, 0.25) is 0 Å². The van der Waals surface area contributed by atoms with Gasteiger partial charge in [-0.1, -0.05) is 257 Å². The topological polar surface area (TPSA) is 78.9 Å². The van der Waals surface area contributed by atoms with Crippen LogP contribution in [0, 0.1) is 0 Å². The first-order valence-corrected chi connectivity index (χ1v) is 31.2. The molecule has 0 radical (unpaired) electrons. The van der Waals surface area contributed by atoms with Crippen molar-refractivity contribution in [3.8, 4) is 0 Å². The van der Waals surface area contributed by atoms with Crippen LogP contribution >= 0.6 is 0 Å². The lowest BCUT2D eigenvalue weighted by atomic mass is 10.1. The third-order valence-corrected chi connectivity index (χ3v) is 12.9. The summed E-state index contributed by atoms with van der Waals surface area (Å²) in [5.74, 6) is -0.918. The van der Waals surface area contributed by atoms with Crippen LogP contribution < -0.4 is 0 Å². The molecule has 0 aromatic heterocycles. The van der Waals surface area contributed by atoms with Gasteiger partial charge in [-0.25, -0.2) is 0 Å². The molecule has 1 unspecified atom stereocenters. The van der Waals surface area contributed by atoms with E-state index in [9.17, 15) is 14.4 Å². The van der Waals surface area contributed by atoms with Crippen LogP contribution in [-0.4, -0.2) is 37.2 Å². The third-order valence-electron chi connectivity index (χ3n) is 12.9. The fourth-order valence-electron chi connectivity index (χ4n) is 8.26. The van der Waals surface area contributed by atoms with Crippen molar-refractivity contribution in [2.75, 3.05) is 13.2 Å². The van der Waals surface area contributed by atoms with E-state index >= 15 is 0 Å². The zero-order valence-corrected chi connectivity index (χ0v) is 49.2. The van der Waals surface area contributed by atoms with Crippen LogP contribution in [0.1, 0.15) is 271 Å². The first-order chi connectivity index (χ1) is 37.5. The summed E-state index contributed by atoms with van der Waals surface area (Å²) in [4.78, 5) is 38.2. The van der Waals surface area contributed by atoms with E-state index in [0.717, 1.165) is 154 Å². The lowest BCUT2D eigenvalue weighted by molar-refractivity contribution is -0.167. The molecule has 0 amide bonds. The molecule has 430 valence electrons. The molecule has 1 atom stereocenters. The summed E-state index contributed by atoms with van der Waals surface area (Å²) in [5.41, 5.74) is 0. The zero-order chi connectivity index (χ0) is 55.0. The molecule has 0 rings (SSSR count). The maximum Gasteiger partial charge on any atom is 0.306 e. The van der Waals surface area contributed by atoms with Crippen LogP contribution in [0.25, 0.3) is 0 Å². The number of ether oxygens (including phenoxy) is 3. The highest BCUT2D eigenvalue weighted by Gasteiger charge is 2.19. The molecule has 6 heteroatoms. The summed E-state index contributed by atoms with van der Waals surface area (Å²) in [7, 11) is 0. The van der Waals surface area contributed by atoms with E-state index in [1.165, 1.54) is 77.0 Å².